The van der Waals surface area contributed by atoms with Gasteiger partial charge in [0.1, 0.15) is 18.1 Å². The Balaban J connectivity index is 1.91. The Morgan fingerprint density at radius 2 is 1.87 bits per heavy atom. The number of rotatable bonds is 5. The van der Waals surface area contributed by atoms with Crippen LogP contribution in [0.1, 0.15) is 16.1 Å². The molecule has 0 saturated heterocycles. The molecule has 1 N–H and O–H groups in total. The third-order valence-corrected chi connectivity index (χ3v) is 3.45. The fraction of sp³-hybridized carbons (Fsp3) is 0.111. The highest BCUT2D eigenvalue weighted by atomic mass is 16.5. The Morgan fingerprint density at radius 1 is 1.09 bits per heavy atom. The summed E-state index contributed by atoms with van der Waals surface area (Å²) in [5.41, 5.74) is 1.27. The molecule has 0 fully saturated rings. The number of ether oxygens (including phenoxy) is 2. The first-order valence-electron chi connectivity index (χ1n) is 7.06. The minimum atomic E-state index is -1.02. The second-order valence-corrected chi connectivity index (χ2v) is 4.95. The van der Waals surface area contributed by atoms with Crippen molar-refractivity contribution in [2.75, 3.05) is 7.11 Å². The molecule has 0 spiro atoms. The summed E-state index contributed by atoms with van der Waals surface area (Å²) in [6.45, 7) is 0.0691. The van der Waals surface area contributed by atoms with Gasteiger partial charge in [0.2, 0.25) is 0 Å². The zero-order valence-corrected chi connectivity index (χ0v) is 12.5. The Bertz CT molecular complexity index is 861. The molecule has 116 valence electrons. The van der Waals surface area contributed by atoms with Gasteiger partial charge in [-0.05, 0) is 24.3 Å². The molecule has 23 heavy (non-hydrogen) atoms. The minimum Gasteiger partial charge on any atom is -0.497 e. The molecule has 0 aliphatic rings. The molecule has 2 aromatic carbocycles. The van der Waals surface area contributed by atoms with Crippen molar-refractivity contribution in [3.8, 4) is 11.5 Å². The standard InChI is InChI=1S/C18H15NO4/c1-22-13-6-4-7-14(10-13)23-11-17-15(18(20)21)9-12-5-2-3-8-16(12)19-17/h2-10H,11H2,1H3,(H,20,21). The molecule has 3 rings (SSSR count). The topological polar surface area (TPSA) is 68.7 Å². The number of hydrogen-bond acceptors (Lipinski definition) is 4. The van der Waals surface area contributed by atoms with Gasteiger partial charge < -0.3 is 14.6 Å². The van der Waals surface area contributed by atoms with Crippen molar-refractivity contribution in [2.45, 2.75) is 6.61 Å². The van der Waals surface area contributed by atoms with E-state index < -0.39 is 5.97 Å². The number of hydrogen-bond donors (Lipinski definition) is 1. The van der Waals surface area contributed by atoms with E-state index in [1.807, 2.05) is 30.3 Å². The van der Waals surface area contributed by atoms with Crippen LogP contribution in [0, 0.1) is 0 Å². The molecule has 0 unspecified atom stereocenters. The van der Waals surface area contributed by atoms with E-state index in [0.717, 1.165) is 10.9 Å². The largest absolute Gasteiger partial charge is 0.497 e. The highest BCUT2D eigenvalue weighted by Gasteiger charge is 2.14. The first-order chi connectivity index (χ1) is 11.2. The number of fused-ring (bicyclic) bond motifs is 1. The first-order valence-corrected chi connectivity index (χ1v) is 7.06. The van der Waals surface area contributed by atoms with Crippen LogP contribution >= 0.6 is 0 Å². The van der Waals surface area contributed by atoms with Gasteiger partial charge in [-0.25, -0.2) is 9.78 Å². The van der Waals surface area contributed by atoms with Gasteiger partial charge in [0.15, 0.2) is 0 Å². The zero-order chi connectivity index (χ0) is 16.2. The highest BCUT2D eigenvalue weighted by Crippen LogP contribution is 2.22. The molecule has 0 radical (unpaired) electrons. The third-order valence-electron chi connectivity index (χ3n) is 3.45. The molecule has 1 aromatic heterocycles. The quantitative estimate of drug-likeness (QED) is 0.781. The molecular weight excluding hydrogens is 294 g/mol. The fourth-order valence-corrected chi connectivity index (χ4v) is 2.29. The molecule has 0 saturated carbocycles. The number of methoxy groups -OCH3 is 1. The lowest BCUT2D eigenvalue weighted by atomic mass is 10.1. The van der Waals surface area contributed by atoms with E-state index in [2.05, 4.69) is 4.98 Å². The van der Waals surface area contributed by atoms with Crippen LogP contribution in [0.4, 0.5) is 0 Å². The number of carboxylic acid groups (broad SMARTS) is 1. The average Bonchev–Trinajstić information content (AvgIpc) is 2.59. The SMILES string of the molecule is COc1cccc(OCc2nc3ccccc3cc2C(=O)O)c1. The first kappa shape index (κ1) is 14.8. The molecule has 3 aromatic rings. The van der Waals surface area contributed by atoms with Crippen molar-refractivity contribution >= 4 is 16.9 Å². The summed E-state index contributed by atoms with van der Waals surface area (Å²) in [5, 5.41) is 10.2. The van der Waals surface area contributed by atoms with Crippen LogP contribution in [0.5, 0.6) is 11.5 Å². The van der Waals surface area contributed by atoms with Crippen molar-refractivity contribution < 1.29 is 19.4 Å². The molecule has 1 heterocycles. The number of nitrogens with zero attached hydrogens (tertiary/aromatic N) is 1. The maximum atomic E-state index is 11.5. The molecule has 0 amide bonds. The number of aromatic nitrogens is 1. The Labute approximate surface area is 133 Å². The molecule has 0 aliphatic heterocycles. The van der Waals surface area contributed by atoms with Gasteiger partial charge in [0, 0.05) is 11.5 Å². The van der Waals surface area contributed by atoms with Crippen LogP contribution in [0.2, 0.25) is 0 Å². The predicted molar refractivity (Wildman–Crippen MR) is 86.0 cm³/mol. The summed E-state index contributed by atoms with van der Waals surface area (Å²) in [6.07, 6.45) is 0. The van der Waals surface area contributed by atoms with E-state index in [1.54, 1.807) is 31.4 Å². The lowest BCUT2D eigenvalue weighted by Crippen LogP contribution is -2.08. The van der Waals surface area contributed by atoms with Gasteiger partial charge in [-0.15, -0.1) is 0 Å². The second kappa shape index (κ2) is 6.36. The normalized spacial score (nSPS) is 10.5. The highest BCUT2D eigenvalue weighted by molar-refractivity contribution is 5.93. The number of para-hydroxylation sites is 1. The predicted octanol–water partition coefficient (Wildman–Crippen LogP) is 3.52. The van der Waals surface area contributed by atoms with Crippen molar-refractivity contribution in [2.24, 2.45) is 0 Å². The van der Waals surface area contributed by atoms with E-state index in [4.69, 9.17) is 9.47 Å². The Hall–Kier alpha value is -3.08. The van der Waals surface area contributed by atoms with Crippen molar-refractivity contribution in [3.63, 3.8) is 0 Å². The summed E-state index contributed by atoms with van der Waals surface area (Å²) in [6, 6.07) is 16.1. The van der Waals surface area contributed by atoms with Gasteiger partial charge in [0.05, 0.1) is 23.9 Å². The van der Waals surface area contributed by atoms with Crippen LogP contribution in [-0.4, -0.2) is 23.2 Å². The number of benzene rings is 2. The van der Waals surface area contributed by atoms with Crippen LogP contribution in [0.15, 0.2) is 54.6 Å². The van der Waals surface area contributed by atoms with Crippen LogP contribution in [0.3, 0.4) is 0 Å². The number of aromatic carboxylic acids is 1. The van der Waals surface area contributed by atoms with E-state index in [9.17, 15) is 9.90 Å². The van der Waals surface area contributed by atoms with E-state index in [1.165, 1.54) is 0 Å². The smallest absolute Gasteiger partial charge is 0.337 e. The maximum Gasteiger partial charge on any atom is 0.337 e. The van der Waals surface area contributed by atoms with Crippen molar-refractivity contribution in [1.82, 2.24) is 4.98 Å². The van der Waals surface area contributed by atoms with Gasteiger partial charge in [-0.1, -0.05) is 24.3 Å². The number of carboxylic acids is 1. The van der Waals surface area contributed by atoms with Crippen molar-refractivity contribution in [3.05, 3.63) is 65.9 Å². The third kappa shape index (κ3) is 3.23. The molecular formula is C18H15NO4. The molecule has 5 nitrogen and oxygen atoms in total. The Kier molecular flexibility index (Phi) is 4.10. The van der Waals surface area contributed by atoms with Crippen LogP contribution < -0.4 is 9.47 Å². The van der Waals surface area contributed by atoms with Gasteiger partial charge >= 0.3 is 5.97 Å². The van der Waals surface area contributed by atoms with Gasteiger partial charge in [0.25, 0.3) is 0 Å². The monoisotopic (exact) mass is 309 g/mol. The fourth-order valence-electron chi connectivity index (χ4n) is 2.29. The maximum absolute atomic E-state index is 11.5. The summed E-state index contributed by atoms with van der Waals surface area (Å²) in [4.78, 5) is 15.9. The van der Waals surface area contributed by atoms with Crippen molar-refractivity contribution in [1.29, 1.82) is 0 Å². The summed E-state index contributed by atoms with van der Waals surface area (Å²) in [5.74, 6) is 0.246. The number of pyridine rings is 1. The summed E-state index contributed by atoms with van der Waals surface area (Å²) in [7, 11) is 1.58. The van der Waals surface area contributed by atoms with Crippen LogP contribution in [-0.2, 0) is 6.61 Å². The minimum absolute atomic E-state index is 0.0691. The van der Waals surface area contributed by atoms with Gasteiger partial charge in [-0.2, -0.15) is 0 Å². The molecule has 5 heteroatoms. The molecule has 0 aliphatic carbocycles. The zero-order valence-electron chi connectivity index (χ0n) is 12.5. The van der Waals surface area contributed by atoms with Gasteiger partial charge in [-0.3, -0.25) is 0 Å². The van der Waals surface area contributed by atoms with E-state index >= 15 is 0 Å². The van der Waals surface area contributed by atoms with E-state index in [-0.39, 0.29) is 12.2 Å². The lowest BCUT2D eigenvalue weighted by molar-refractivity contribution is 0.0693. The van der Waals surface area contributed by atoms with E-state index in [0.29, 0.717) is 17.2 Å². The molecule has 0 atom stereocenters. The number of carbonyl (C=O) groups is 1. The summed E-state index contributed by atoms with van der Waals surface area (Å²) >= 11 is 0. The Morgan fingerprint density at radius 3 is 2.65 bits per heavy atom. The molecule has 0 bridgehead atoms. The average molecular weight is 309 g/mol. The van der Waals surface area contributed by atoms with Crippen LogP contribution in [0.25, 0.3) is 10.9 Å². The second-order valence-electron chi connectivity index (χ2n) is 4.95. The summed E-state index contributed by atoms with van der Waals surface area (Å²) < 4.78 is 10.8. The lowest BCUT2D eigenvalue weighted by Gasteiger charge is -2.10.